The van der Waals surface area contributed by atoms with Crippen LogP contribution in [0.3, 0.4) is 0 Å². The molecule has 22 heavy (non-hydrogen) atoms. The average molecular weight is 322 g/mol. The maximum Gasteiger partial charge on any atom is 0.155 e. The van der Waals surface area contributed by atoms with Crippen LogP contribution in [0.5, 0.6) is 11.5 Å². The van der Waals surface area contributed by atoms with Gasteiger partial charge in [-0.25, -0.2) is 0 Å². The summed E-state index contributed by atoms with van der Waals surface area (Å²) in [5.74, 6) is 2.23. The number of benzene rings is 1. The summed E-state index contributed by atoms with van der Waals surface area (Å²) in [5.41, 5.74) is 2.01. The first-order valence-electron chi connectivity index (χ1n) is 7.14. The van der Waals surface area contributed by atoms with Crippen molar-refractivity contribution in [1.29, 1.82) is 0 Å². The molecule has 0 bridgehead atoms. The van der Waals surface area contributed by atoms with Crippen LogP contribution in [0.15, 0.2) is 24.3 Å². The van der Waals surface area contributed by atoms with Crippen molar-refractivity contribution in [2.45, 2.75) is 26.3 Å². The molecular formula is C16H20ClN3O2. The number of hydrogen-bond donors (Lipinski definition) is 1. The van der Waals surface area contributed by atoms with Crippen LogP contribution in [-0.4, -0.2) is 24.4 Å². The Hall–Kier alpha value is -2.01. The minimum Gasteiger partial charge on any atom is -0.497 e. The molecule has 0 aliphatic heterocycles. The maximum atomic E-state index is 6.04. The van der Waals surface area contributed by atoms with Crippen LogP contribution < -0.4 is 14.8 Å². The minimum absolute atomic E-state index is 0.467. The summed E-state index contributed by atoms with van der Waals surface area (Å²) in [6.45, 7) is 2.68. The Balaban J connectivity index is 2.11. The van der Waals surface area contributed by atoms with Crippen LogP contribution in [0.1, 0.15) is 24.5 Å². The van der Waals surface area contributed by atoms with E-state index >= 15 is 0 Å². The molecule has 1 heterocycles. The fourth-order valence-corrected chi connectivity index (χ4v) is 2.32. The molecule has 0 unspecified atom stereocenters. The zero-order chi connectivity index (χ0) is 15.9. The van der Waals surface area contributed by atoms with E-state index < -0.39 is 0 Å². The summed E-state index contributed by atoms with van der Waals surface area (Å²) in [6.07, 6.45) is 1.89. The molecule has 0 saturated heterocycles. The van der Waals surface area contributed by atoms with Gasteiger partial charge in [-0.2, -0.15) is 0 Å². The number of aromatic nitrogens is 2. The number of anilines is 1. The van der Waals surface area contributed by atoms with Crippen LogP contribution in [-0.2, 0) is 13.0 Å². The standard InChI is InChI=1S/C16H20ClN3O2/c1-4-5-11-8-15(19-20-16(11)17)18-10-12-6-7-13(21-2)9-14(12)22-3/h6-9H,4-5,10H2,1-3H3,(H,18,19). The van der Waals surface area contributed by atoms with E-state index in [-0.39, 0.29) is 0 Å². The monoisotopic (exact) mass is 321 g/mol. The van der Waals surface area contributed by atoms with Gasteiger partial charge in [0.1, 0.15) is 17.3 Å². The highest BCUT2D eigenvalue weighted by molar-refractivity contribution is 6.30. The summed E-state index contributed by atoms with van der Waals surface area (Å²) >= 11 is 6.04. The molecule has 1 aromatic heterocycles. The van der Waals surface area contributed by atoms with Crippen LogP contribution in [0.2, 0.25) is 5.15 Å². The Morgan fingerprint density at radius 1 is 1.09 bits per heavy atom. The number of rotatable bonds is 7. The molecule has 0 saturated carbocycles. The smallest absolute Gasteiger partial charge is 0.155 e. The van der Waals surface area contributed by atoms with E-state index in [0.717, 1.165) is 35.5 Å². The third-order valence-electron chi connectivity index (χ3n) is 3.29. The lowest BCUT2D eigenvalue weighted by atomic mass is 10.1. The maximum absolute atomic E-state index is 6.04. The molecule has 0 aliphatic carbocycles. The van der Waals surface area contributed by atoms with E-state index in [1.807, 2.05) is 24.3 Å². The van der Waals surface area contributed by atoms with Crippen molar-refractivity contribution in [3.8, 4) is 11.5 Å². The Morgan fingerprint density at radius 2 is 1.91 bits per heavy atom. The van der Waals surface area contributed by atoms with E-state index in [9.17, 15) is 0 Å². The summed E-state index contributed by atoms with van der Waals surface area (Å²) in [5, 5.41) is 11.8. The molecule has 2 aromatic rings. The molecule has 6 heteroatoms. The Kier molecular flexibility index (Phi) is 5.83. The lowest BCUT2D eigenvalue weighted by Gasteiger charge is -2.12. The molecule has 0 spiro atoms. The van der Waals surface area contributed by atoms with Crippen molar-refractivity contribution < 1.29 is 9.47 Å². The predicted molar refractivity (Wildman–Crippen MR) is 87.9 cm³/mol. The molecule has 2 rings (SSSR count). The topological polar surface area (TPSA) is 56.3 Å². The number of halogens is 1. The molecule has 0 atom stereocenters. The molecule has 1 N–H and O–H groups in total. The number of aryl methyl sites for hydroxylation is 1. The van der Waals surface area contributed by atoms with Gasteiger partial charge >= 0.3 is 0 Å². The average Bonchev–Trinajstić information content (AvgIpc) is 2.55. The van der Waals surface area contributed by atoms with Gasteiger partial charge in [0, 0.05) is 18.2 Å². The molecule has 0 radical (unpaired) electrons. The van der Waals surface area contributed by atoms with Gasteiger partial charge in [0.25, 0.3) is 0 Å². The summed E-state index contributed by atoms with van der Waals surface area (Å²) in [4.78, 5) is 0. The number of methoxy groups -OCH3 is 2. The number of nitrogens with one attached hydrogen (secondary N) is 1. The van der Waals surface area contributed by atoms with Gasteiger partial charge in [-0.3, -0.25) is 0 Å². The highest BCUT2D eigenvalue weighted by atomic mass is 35.5. The van der Waals surface area contributed by atoms with Crippen LogP contribution in [0.4, 0.5) is 5.82 Å². The lowest BCUT2D eigenvalue weighted by Crippen LogP contribution is -2.05. The quantitative estimate of drug-likeness (QED) is 0.842. The largest absolute Gasteiger partial charge is 0.497 e. The van der Waals surface area contributed by atoms with Gasteiger partial charge in [0.15, 0.2) is 5.15 Å². The van der Waals surface area contributed by atoms with Crippen LogP contribution in [0, 0.1) is 0 Å². The van der Waals surface area contributed by atoms with Gasteiger partial charge in [0.05, 0.1) is 14.2 Å². The number of hydrogen-bond acceptors (Lipinski definition) is 5. The Labute approximate surface area is 135 Å². The summed E-state index contributed by atoms with van der Waals surface area (Å²) in [7, 11) is 3.27. The summed E-state index contributed by atoms with van der Waals surface area (Å²) in [6, 6.07) is 7.65. The second-order valence-corrected chi connectivity index (χ2v) is 5.18. The molecule has 0 amide bonds. The highest BCUT2D eigenvalue weighted by Gasteiger charge is 2.07. The highest BCUT2D eigenvalue weighted by Crippen LogP contribution is 2.25. The van der Waals surface area contributed by atoms with E-state index in [1.54, 1.807) is 14.2 Å². The Bertz CT molecular complexity index is 635. The number of ether oxygens (including phenoxy) is 2. The van der Waals surface area contributed by atoms with Gasteiger partial charge in [-0.1, -0.05) is 24.9 Å². The lowest BCUT2D eigenvalue weighted by molar-refractivity contribution is 0.391. The fourth-order valence-electron chi connectivity index (χ4n) is 2.13. The van der Waals surface area contributed by atoms with Gasteiger partial charge in [-0.05, 0) is 30.2 Å². The van der Waals surface area contributed by atoms with Crippen molar-refractivity contribution in [3.05, 3.63) is 40.5 Å². The molecule has 118 valence electrons. The van der Waals surface area contributed by atoms with Crippen molar-refractivity contribution in [1.82, 2.24) is 10.2 Å². The van der Waals surface area contributed by atoms with Gasteiger partial charge in [0.2, 0.25) is 0 Å². The molecule has 5 nitrogen and oxygen atoms in total. The minimum atomic E-state index is 0.467. The van der Waals surface area contributed by atoms with Crippen LogP contribution in [0.25, 0.3) is 0 Å². The first-order valence-corrected chi connectivity index (χ1v) is 7.52. The van der Waals surface area contributed by atoms with E-state index in [0.29, 0.717) is 17.5 Å². The van der Waals surface area contributed by atoms with E-state index in [1.165, 1.54) is 0 Å². The molecule has 0 aliphatic rings. The van der Waals surface area contributed by atoms with Crippen molar-refractivity contribution >= 4 is 17.4 Å². The second kappa shape index (κ2) is 7.84. The fraction of sp³-hybridized carbons (Fsp3) is 0.375. The summed E-state index contributed by atoms with van der Waals surface area (Å²) < 4.78 is 10.6. The first kappa shape index (κ1) is 16.4. The molecule has 0 fully saturated rings. The SMILES string of the molecule is CCCc1cc(NCc2ccc(OC)cc2OC)nnc1Cl. The predicted octanol–water partition coefficient (Wildman–Crippen LogP) is 3.71. The van der Waals surface area contributed by atoms with E-state index in [4.69, 9.17) is 21.1 Å². The number of nitrogens with zero attached hydrogens (tertiary/aromatic N) is 2. The zero-order valence-corrected chi connectivity index (χ0v) is 13.8. The third kappa shape index (κ3) is 4.01. The molecular weight excluding hydrogens is 302 g/mol. The van der Waals surface area contributed by atoms with Crippen molar-refractivity contribution in [2.24, 2.45) is 0 Å². The van der Waals surface area contributed by atoms with Crippen molar-refractivity contribution in [2.75, 3.05) is 19.5 Å². The van der Waals surface area contributed by atoms with Gasteiger partial charge < -0.3 is 14.8 Å². The van der Waals surface area contributed by atoms with Crippen molar-refractivity contribution in [3.63, 3.8) is 0 Å². The Morgan fingerprint density at radius 3 is 2.59 bits per heavy atom. The van der Waals surface area contributed by atoms with Gasteiger partial charge in [-0.15, -0.1) is 10.2 Å². The molecule has 1 aromatic carbocycles. The van der Waals surface area contributed by atoms with E-state index in [2.05, 4.69) is 22.4 Å². The van der Waals surface area contributed by atoms with Crippen LogP contribution >= 0.6 is 11.6 Å². The third-order valence-corrected chi connectivity index (χ3v) is 3.61. The second-order valence-electron chi connectivity index (χ2n) is 4.83. The normalized spacial score (nSPS) is 10.4. The first-order chi connectivity index (χ1) is 10.7. The zero-order valence-electron chi connectivity index (χ0n) is 13.0.